The SMILES string of the molecule is COc1ccc2c(c1)SCc1cn(-c3ccc(Cl)cc3)nc1-2. The van der Waals surface area contributed by atoms with Gasteiger partial charge in [-0.25, -0.2) is 4.68 Å². The molecule has 0 spiro atoms. The first-order valence-corrected chi connectivity index (χ1v) is 8.26. The van der Waals surface area contributed by atoms with Crippen LogP contribution in [0.15, 0.2) is 53.6 Å². The smallest absolute Gasteiger partial charge is 0.120 e. The molecule has 3 nitrogen and oxygen atoms in total. The van der Waals surface area contributed by atoms with E-state index >= 15 is 0 Å². The van der Waals surface area contributed by atoms with Crippen molar-refractivity contribution in [2.75, 3.05) is 7.11 Å². The van der Waals surface area contributed by atoms with Gasteiger partial charge in [0.2, 0.25) is 0 Å². The number of rotatable bonds is 2. The second-order valence-electron chi connectivity index (χ2n) is 5.07. The van der Waals surface area contributed by atoms with Crippen molar-refractivity contribution in [3.8, 4) is 22.7 Å². The van der Waals surface area contributed by atoms with Crippen molar-refractivity contribution < 1.29 is 4.74 Å². The number of benzene rings is 2. The molecule has 1 aliphatic heterocycles. The maximum atomic E-state index is 5.95. The summed E-state index contributed by atoms with van der Waals surface area (Å²) in [4.78, 5) is 1.22. The molecule has 5 heteroatoms. The molecule has 0 aliphatic carbocycles. The van der Waals surface area contributed by atoms with Gasteiger partial charge in [-0.15, -0.1) is 11.8 Å². The first-order valence-electron chi connectivity index (χ1n) is 6.90. The lowest BCUT2D eigenvalue weighted by molar-refractivity contribution is 0.414. The van der Waals surface area contributed by atoms with Crippen LogP contribution in [0.25, 0.3) is 16.9 Å². The Bertz CT molecular complexity index is 842. The molecule has 0 N–H and O–H groups in total. The predicted molar refractivity (Wildman–Crippen MR) is 90.1 cm³/mol. The molecule has 1 aromatic heterocycles. The highest BCUT2D eigenvalue weighted by Crippen LogP contribution is 2.42. The molecule has 3 aromatic rings. The number of hydrogen-bond acceptors (Lipinski definition) is 3. The summed E-state index contributed by atoms with van der Waals surface area (Å²) in [5, 5.41) is 5.50. The zero-order chi connectivity index (χ0) is 15.1. The van der Waals surface area contributed by atoms with Crippen molar-refractivity contribution in [3.63, 3.8) is 0 Å². The van der Waals surface area contributed by atoms with Gasteiger partial charge in [0.05, 0.1) is 18.5 Å². The Balaban J connectivity index is 1.80. The van der Waals surface area contributed by atoms with E-state index < -0.39 is 0 Å². The van der Waals surface area contributed by atoms with E-state index in [1.165, 1.54) is 16.0 Å². The highest BCUT2D eigenvalue weighted by Gasteiger charge is 2.21. The summed E-state index contributed by atoms with van der Waals surface area (Å²) in [5.41, 5.74) is 4.47. The number of thioether (sulfide) groups is 1. The first-order chi connectivity index (χ1) is 10.7. The van der Waals surface area contributed by atoms with Gasteiger partial charge >= 0.3 is 0 Å². The van der Waals surface area contributed by atoms with Crippen molar-refractivity contribution in [1.82, 2.24) is 9.78 Å². The number of fused-ring (bicyclic) bond motifs is 3. The Hall–Kier alpha value is -1.91. The lowest BCUT2D eigenvalue weighted by Crippen LogP contribution is -1.96. The van der Waals surface area contributed by atoms with Crippen LogP contribution >= 0.6 is 23.4 Å². The summed E-state index contributed by atoms with van der Waals surface area (Å²) in [5.74, 6) is 1.80. The van der Waals surface area contributed by atoms with Crippen LogP contribution < -0.4 is 4.74 Å². The van der Waals surface area contributed by atoms with Gasteiger partial charge in [0, 0.05) is 33.0 Å². The average molecular weight is 329 g/mol. The van der Waals surface area contributed by atoms with Crippen LogP contribution in [0.2, 0.25) is 5.02 Å². The standard InChI is InChI=1S/C17H13ClN2OS/c1-21-14-6-7-15-16(8-14)22-10-11-9-20(19-17(11)15)13-4-2-12(18)3-5-13/h2-9H,10H2,1H3. The maximum Gasteiger partial charge on any atom is 0.120 e. The molecule has 0 atom stereocenters. The van der Waals surface area contributed by atoms with Gasteiger partial charge in [0.15, 0.2) is 0 Å². The summed E-state index contributed by atoms with van der Waals surface area (Å²) in [6.45, 7) is 0. The third kappa shape index (κ3) is 2.28. The fourth-order valence-electron chi connectivity index (χ4n) is 2.57. The number of aromatic nitrogens is 2. The molecule has 0 radical (unpaired) electrons. The normalized spacial score (nSPS) is 12.6. The second-order valence-corrected chi connectivity index (χ2v) is 6.53. The Morgan fingerprint density at radius 1 is 1.18 bits per heavy atom. The molecular weight excluding hydrogens is 316 g/mol. The molecule has 0 saturated heterocycles. The van der Waals surface area contributed by atoms with Crippen LogP contribution in [0, 0.1) is 0 Å². The van der Waals surface area contributed by atoms with E-state index in [0.29, 0.717) is 0 Å². The Morgan fingerprint density at radius 2 is 2.00 bits per heavy atom. The van der Waals surface area contributed by atoms with Crippen LogP contribution in [-0.2, 0) is 5.75 Å². The molecular formula is C17H13ClN2OS. The van der Waals surface area contributed by atoms with Crippen molar-refractivity contribution >= 4 is 23.4 Å². The van der Waals surface area contributed by atoms with E-state index in [1.54, 1.807) is 7.11 Å². The first kappa shape index (κ1) is 13.7. The highest BCUT2D eigenvalue weighted by atomic mass is 35.5. The zero-order valence-corrected chi connectivity index (χ0v) is 13.5. The maximum absolute atomic E-state index is 5.95. The fourth-order valence-corrected chi connectivity index (χ4v) is 3.74. The molecule has 2 aromatic carbocycles. The Morgan fingerprint density at radius 3 is 2.77 bits per heavy atom. The van der Waals surface area contributed by atoms with Gasteiger partial charge in [0.1, 0.15) is 5.75 Å². The van der Waals surface area contributed by atoms with Crippen molar-refractivity contribution in [2.24, 2.45) is 0 Å². The van der Waals surface area contributed by atoms with Gasteiger partial charge in [-0.2, -0.15) is 5.10 Å². The Labute approximate surface area is 137 Å². The van der Waals surface area contributed by atoms with Crippen molar-refractivity contribution in [2.45, 2.75) is 10.6 Å². The molecule has 1 aliphatic rings. The lowest BCUT2D eigenvalue weighted by Gasteiger charge is -2.15. The minimum atomic E-state index is 0.730. The summed E-state index contributed by atoms with van der Waals surface area (Å²) < 4.78 is 7.22. The van der Waals surface area contributed by atoms with Crippen LogP contribution in [-0.4, -0.2) is 16.9 Å². The lowest BCUT2D eigenvalue weighted by atomic mass is 10.1. The van der Waals surface area contributed by atoms with Gasteiger partial charge in [-0.1, -0.05) is 11.6 Å². The molecule has 0 unspecified atom stereocenters. The van der Waals surface area contributed by atoms with Crippen LogP contribution in [0.1, 0.15) is 5.56 Å². The highest BCUT2D eigenvalue weighted by molar-refractivity contribution is 7.98. The van der Waals surface area contributed by atoms with Crippen LogP contribution in [0.4, 0.5) is 0 Å². The summed E-state index contributed by atoms with van der Waals surface area (Å²) >= 11 is 7.77. The van der Waals surface area contributed by atoms with Gasteiger partial charge in [0.25, 0.3) is 0 Å². The van der Waals surface area contributed by atoms with Crippen molar-refractivity contribution in [1.29, 1.82) is 0 Å². The number of ether oxygens (including phenoxy) is 1. The minimum Gasteiger partial charge on any atom is -0.497 e. The Kier molecular flexibility index (Phi) is 3.36. The summed E-state index contributed by atoms with van der Waals surface area (Å²) in [6.07, 6.45) is 2.10. The molecule has 22 heavy (non-hydrogen) atoms. The molecule has 0 amide bonds. The fraction of sp³-hybridized carbons (Fsp3) is 0.118. The number of nitrogens with zero attached hydrogens (tertiary/aromatic N) is 2. The summed E-state index contributed by atoms with van der Waals surface area (Å²) in [7, 11) is 1.69. The van der Waals surface area contributed by atoms with Gasteiger partial charge < -0.3 is 4.74 Å². The second kappa shape index (κ2) is 5.38. The topological polar surface area (TPSA) is 27.1 Å². The molecule has 0 fully saturated rings. The predicted octanol–water partition coefficient (Wildman–Crippen LogP) is 4.81. The molecule has 0 saturated carbocycles. The molecule has 0 bridgehead atoms. The zero-order valence-electron chi connectivity index (χ0n) is 11.9. The van der Waals surface area contributed by atoms with Gasteiger partial charge in [-0.05, 0) is 42.5 Å². The molecule has 2 heterocycles. The van der Waals surface area contributed by atoms with E-state index in [2.05, 4.69) is 18.3 Å². The van der Waals surface area contributed by atoms with E-state index in [4.69, 9.17) is 21.4 Å². The largest absolute Gasteiger partial charge is 0.497 e. The van der Waals surface area contributed by atoms with E-state index in [-0.39, 0.29) is 0 Å². The average Bonchev–Trinajstić information content (AvgIpc) is 2.99. The number of methoxy groups -OCH3 is 1. The minimum absolute atomic E-state index is 0.730. The third-order valence-electron chi connectivity index (χ3n) is 3.71. The van der Waals surface area contributed by atoms with E-state index in [1.807, 2.05) is 46.8 Å². The summed E-state index contributed by atoms with van der Waals surface area (Å²) in [6, 6.07) is 13.8. The number of halogens is 1. The third-order valence-corrected chi connectivity index (χ3v) is 5.06. The van der Waals surface area contributed by atoms with Crippen LogP contribution in [0.5, 0.6) is 5.75 Å². The van der Waals surface area contributed by atoms with E-state index in [0.717, 1.165) is 27.9 Å². The molecule has 110 valence electrons. The van der Waals surface area contributed by atoms with E-state index in [9.17, 15) is 0 Å². The monoisotopic (exact) mass is 328 g/mol. The molecule has 4 rings (SSSR count). The quantitative estimate of drug-likeness (QED) is 0.675. The number of hydrogen-bond donors (Lipinski definition) is 0. The van der Waals surface area contributed by atoms with Crippen LogP contribution in [0.3, 0.4) is 0 Å². The van der Waals surface area contributed by atoms with Crippen molar-refractivity contribution in [3.05, 3.63) is 59.2 Å². The van der Waals surface area contributed by atoms with Gasteiger partial charge in [-0.3, -0.25) is 0 Å².